The molecule has 2 aromatic heterocycles. The Kier molecular flexibility index (Phi) is 5.75. The van der Waals surface area contributed by atoms with Gasteiger partial charge in [0, 0.05) is 23.4 Å². The zero-order valence-corrected chi connectivity index (χ0v) is 16.0. The first-order valence-electron chi connectivity index (χ1n) is 8.04. The van der Waals surface area contributed by atoms with Crippen molar-refractivity contribution in [3.63, 3.8) is 0 Å². The van der Waals surface area contributed by atoms with Crippen molar-refractivity contribution in [3.8, 4) is 22.1 Å². The third kappa shape index (κ3) is 3.98. The van der Waals surface area contributed by atoms with Crippen LogP contribution in [0.15, 0.2) is 28.1 Å². The molecule has 1 unspecified atom stereocenters. The van der Waals surface area contributed by atoms with Crippen LogP contribution in [-0.2, 0) is 12.8 Å². The van der Waals surface area contributed by atoms with Crippen molar-refractivity contribution in [2.45, 2.75) is 25.8 Å². The molecule has 1 N–H and O–H groups in total. The fourth-order valence-electron chi connectivity index (χ4n) is 2.53. The predicted octanol–water partition coefficient (Wildman–Crippen LogP) is 3.08. The summed E-state index contributed by atoms with van der Waals surface area (Å²) in [4.78, 5) is 9.10. The molecule has 0 amide bonds. The molecule has 3 aromatic rings. The molecule has 3 heterocycles. The molecule has 138 valence electrons. The Bertz CT molecular complexity index is 883. The van der Waals surface area contributed by atoms with Gasteiger partial charge in [-0.2, -0.15) is 4.98 Å². The highest BCUT2D eigenvalue weighted by molar-refractivity contribution is 7.13. The lowest BCUT2D eigenvalue weighted by molar-refractivity contribution is 0.174. The fourth-order valence-corrected chi connectivity index (χ4v) is 3.34. The average molecular weight is 395 g/mol. The number of nitrogens with zero attached hydrogens (tertiary/aromatic N) is 3. The summed E-state index contributed by atoms with van der Waals surface area (Å²) in [5.74, 6) is 2.83. The number of thiazole rings is 1. The van der Waals surface area contributed by atoms with Crippen molar-refractivity contribution in [2.75, 3.05) is 13.8 Å². The van der Waals surface area contributed by atoms with E-state index in [1.807, 2.05) is 30.6 Å². The largest absolute Gasteiger partial charge is 0.454 e. The lowest BCUT2D eigenvalue weighted by atomic mass is 10.2. The van der Waals surface area contributed by atoms with E-state index in [1.165, 1.54) is 0 Å². The van der Waals surface area contributed by atoms with Crippen LogP contribution in [0, 0.1) is 0 Å². The monoisotopic (exact) mass is 394 g/mol. The van der Waals surface area contributed by atoms with Crippen LogP contribution in [0.2, 0.25) is 0 Å². The molecule has 0 spiro atoms. The average Bonchev–Trinajstić information content (AvgIpc) is 3.35. The topological polar surface area (TPSA) is 82.3 Å². The highest BCUT2D eigenvalue weighted by Crippen LogP contribution is 2.36. The van der Waals surface area contributed by atoms with Crippen LogP contribution < -0.4 is 14.8 Å². The maximum absolute atomic E-state index is 5.42. The number of benzene rings is 1. The molecule has 1 aromatic carbocycles. The zero-order valence-electron chi connectivity index (χ0n) is 14.4. The van der Waals surface area contributed by atoms with Gasteiger partial charge in [-0.05, 0) is 32.2 Å². The summed E-state index contributed by atoms with van der Waals surface area (Å²) in [6, 6.07) is 6.16. The van der Waals surface area contributed by atoms with E-state index in [4.69, 9.17) is 14.0 Å². The Morgan fingerprint density at radius 2 is 2.08 bits per heavy atom. The summed E-state index contributed by atoms with van der Waals surface area (Å²) < 4.78 is 16.1. The molecule has 7 nitrogen and oxygen atoms in total. The molecule has 9 heteroatoms. The quantitative estimate of drug-likeness (QED) is 0.687. The second-order valence-corrected chi connectivity index (χ2v) is 6.75. The van der Waals surface area contributed by atoms with E-state index < -0.39 is 0 Å². The van der Waals surface area contributed by atoms with Gasteiger partial charge in [-0.1, -0.05) is 5.16 Å². The number of ether oxygens (including phenoxy) is 2. The van der Waals surface area contributed by atoms with Crippen LogP contribution >= 0.6 is 23.7 Å². The smallest absolute Gasteiger partial charge is 0.232 e. The minimum absolute atomic E-state index is 0. The summed E-state index contributed by atoms with van der Waals surface area (Å²) in [6.45, 7) is 2.35. The van der Waals surface area contributed by atoms with Gasteiger partial charge in [-0.15, -0.1) is 23.7 Å². The van der Waals surface area contributed by atoms with Gasteiger partial charge in [0.1, 0.15) is 5.01 Å². The normalized spacial score (nSPS) is 13.5. The Hall–Kier alpha value is -2.16. The molecule has 4 rings (SSSR count). The van der Waals surface area contributed by atoms with Crippen LogP contribution in [0.5, 0.6) is 11.5 Å². The third-order valence-corrected chi connectivity index (χ3v) is 4.94. The van der Waals surface area contributed by atoms with E-state index in [0.29, 0.717) is 24.2 Å². The minimum atomic E-state index is 0. The van der Waals surface area contributed by atoms with Gasteiger partial charge in [0.15, 0.2) is 17.3 Å². The molecular formula is C17H19ClN4O3S. The van der Waals surface area contributed by atoms with Crippen LogP contribution in [0.4, 0.5) is 0 Å². The van der Waals surface area contributed by atoms with Gasteiger partial charge in [0.25, 0.3) is 0 Å². The first-order valence-corrected chi connectivity index (χ1v) is 8.92. The Morgan fingerprint density at radius 3 is 2.92 bits per heavy atom. The number of nitrogens with one attached hydrogen (secondary N) is 1. The number of fused-ring (bicyclic) bond motifs is 1. The molecule has 0 aliphatic carbocycles. The van der Waals surface area contributed by atoms with Crippen molar-refractivity contribution >= 4 is 23.7 Å². The molecule has 1 atom stereocenters. The van der Waals surface area contributed by atoms with Crippen molar-refractivity contribution < 1.29 is 14.0 Å². The van der Waals surface area contributed by atoms with E-state index in [0.717, 1.165) is 34.2 Å². The van der Waals surface area contributed by atoms with E-state index >= 15 is 0 Å². The molecule has 0 saturated carbocycles. The summed E-state index contributed by atoms with van der Waals surface area (Å²) in [7, 11) is 1.92. The van der Waals surface area contributed by atoms with Gasteiger partial charge < -0.3 is 19.3 Å². The molecule has 0 fully saturated rings. The van der Waals surface area contributed by atoms with Crippen LogP contribution in [0.1, 0.15) is 24.3 Å². The number of halogens is 1. The molecular weight excluding hydrogens is 376 g/mol. The maximum Gasteiger partial charge on any atom is 0.232 e. The van der Waals surface area contributed by atoms with Crippen molar-refractivity contribution in [2.24, 2.45) is 0 Å². The predicted molar refractivity (Wildman–Crippen MR) is 100 cm³/mol. The van der Waals surface area contributed by atoms with E-state index in [1.54, 1.807) is 11.3 Å². The van der Waals surface area contributed by atoms with E-state index in [9.17, 15) is 0 Å². The first kappa shape index (κ1) is 18.6. The SMILES string of the molecule is CNC(C)Cc1noc(Cc2csc(-c3ccc4c(c3)OCO4)n2)n1.Cl. The number of hydrogen-bond acceptors (Lipinski definition) is 8. The van der Waals surface area contributed by atoms with E-state index in [2.05, 4.69) is 27.4 Å². The van der Waals surface area contributed by atoms with Crippen molar-refractivity contribution in [3.05, 3.63) is 41.0 Å². The van der Waals surface area contributed by atoms with Gasteiger partial charge in [-0.25, -0.2) is 4.98 Å². The fraction of sp³-hybridized carbons (Fsp3) is 0.353. The van der Waals surface area contributed by atoms with Crippen molar-refractivity contribution in [1.82, 2.24) is 20.4 Å². The number of aromatic nitrogens is 3. The van der Waals surface area contributed by atoms with Gasteiger partial charge in [0.2, 0.25) is 12.7 Å². The standard InChI is InChI=1S/C17H18N4O3S.ClH/c1-10(18-2)5-15-20-16(24-21-15)7-12-8-25-17(19-12)11-3-4-13-14(6-11)23-9-22-13;/h3-4,6,8,10,18H,5,7,9H2,1-2H3;1H. The minimum Gasteiger partial charge on any atom is -0.454 e. The lowest BCUT2D eigenvalue weighted by Crippen LogP contribution is -2.24. The van der Waals surface area contributed by atoms with Crippen LogP contribution in [0.25, 0.3) is 10.6 Å². The van der Waals surface area contributed by atoms with Gasteiger partial charge in [-0.3, -0.25) is 0 Å². The molecule has 26 heavy (non-hydrogen) atoms. The molecule has 0 radical (unpaired) electrons. The summed E-state index contributed by atoms with van der Waals surface area (Å²) in [5, 5.41) is 10.1. The molecule has 1 aliphatic rings. The van der Waals surface area contributed by atoms with Gasteiger partial charge >= 0.3 is 0 Å². The maximum atomic E-state index is 5.42. The third-order valence-electron chi connectivity index (χ3n) is 4.00. The first-order chi connectivity index (χ1) is 12.2. The molecule has 1 aliphatic heterocycles. The highest BCUT2D eigenvalue weighted by Gasteiger charge is 2.16. The zero-order chi connectivity index (χ0) is 17.2. The molecule has 0 bridgehead atoms. The second kappa shape index (κ2) is 8.03. The summed E-state index contributed by atoms with van der Waals surface area (Å²) in [6.07, 6.45) is 1.27. The second-order valence-electron chi connectivity index (χ2n) is 5.89. The Balaban J connectivity index is 0.00000196. The number of rotatable bonds is 6. The number of hydrogen-bond donors (Lipinski definition) is 1. The van der Waals surface area contributed by atoms with Crippen molar-refractivity contribution in [1.29, 1.82) is 0 Å². The highest BCUT2D eigenvalue weighted by atomic mass is 35.5. The van der Waals surface area contributed by atoms with Gasteiger partial charge in [0.05, 0.1) is 12.1 Å². The Morgan fingerprint density at radius 1 is 1.23 bits per heavy atom. The Labute approximate surface area is 161 Å². The lowest BCUT2D eigenvalue weighted by Gasteiger charge is -2.04. The number of likely N-dealkylation sites (N-methyl/N-ethyl adjacent to an activating group) is 1. The molecule has 0 saturated heterocycles. The van der Waals surface area contributed by atoms with Crippen LogP contribution in [-0.4, -0.2) is 35.0 Å². The summed E-state index contributed by atoms with van der Waals surface area (Å²) in [5.41, 5.74) is 1.92. The van der Waals surface area contributed by atoms with E-state index in [-0.39, 0.29) is 19.2 Å². The van der Waals surface area contributed by atoms with Crippen LogP contribution in [0.3, 0.4) is 0 Å². The summed E-state index contributed by atoms with van der Waals surface area (Å²) >= 11 is 1.58.